The molecule has 0 aliphatic heterocycles. The van der Waals surface area contributed by atoms with E-state index in [1.54, 1.807) is 0 Å². The van der Waals surface area contributed by atoms with Crippen LogP contribution in [-0.4, -0.2) is 49.1 Å². The SMILES string of the molecule is C=CCN(CCC)CCN(CCC)CC(=C)C. The highest BCUT2D eigenvalue weighted by Crippen LogP contribution is 2.00. The lowest BCUT2D eigenvalue weighted by Crippen LogP contribution is -2.36. The molecule has 0 heterocycles. The second-order valence-corrected chi connectivity index (χ2v) is 4.82. The van der Waals surface area contributed by atoms with Gasteiger partial charge in [0.05, 0.1) is 0 Å². The topological polar surface area (TPSA) is 6.48 Å². The van der Waals surface area contributed by atoms with E-state index in [2.05, 4.69) is 43.7 Å². The molecule has 0 saturated heterocycles. The van der Waals surface area contributed by atoms with Crippen molar-refractivity contribution in [1.82, 2.24) is 9.80 Å². The van der Waals surface area contributed by atoms with Crippen LogP contribution in [0.4, 0.5) is 0 Å². The van der Waals surface area contributed by atoms with Gasteiger partial charge in [0.15, 0.2) is 0 Å². The fraction of sp³-hybridized carbons (Fsp3) is 0.733. The Bertz CT molecular complexity index is 211. The van der Waals surface area contributed by atoms with Gasteiger partial charge >= 0.3 is 0 Å². The monoisotopic (exact) mass is 238 g/mol. The van der Waals surface area contributed by atoms with Gasteiger partial charge in [-0.1, -0.05) is 32.1 Å². The van der Waals surface area contributed by atoms with E-state index in [4.69, 9.17) is 0 Å². The smallest absolute Gasteiger partial charge is 0.0187 e. The number of nitrogens with zero attached hydrogens (tertiary/aromatic N) is 2. The first-order valence-corrected chi connectivity index (χ1v) is 6.84. The van der Waals surface area contributed by atoms with Gasteiger partial charge in [-0.15, -0.1) is 6.58 Å². The Morgan fingerprint density at radius 1 is 1.00 bits per heavy atom. The summed E-state index contributed by atoms with van der Waals surface area (Å²) in [6.07, 6.45) is 4.42. The summed E-state index contributed by atoms with van der Waals surface area (Å²) in [6, 6.07) is 0. The van der Waals surface area contributed by atoms with Crippen LogP contribution >= 0.6 is 0 Å². The molecule has 0 N–H and O–H groups in total. The van der Waals surface area contributed by atoms with Crippen LogP contribution in [0.25, 0.3) is 0 Å². The second kappa shape index (κ2) is 10.5. The van der Waals surface area contributed by atoms with Crippen molar-refractivity contribution < 1.29 is 0 Å². The van der Waals surface area contributed by atoms with E-state index >= 15 is 0 Å². The van der Waals surface area contributed by atoms with E-state index in [-0.39, 0.29) is 0 Å². The molecule has 2 heteroatoms. The van der Waals surface area contributed by atoms with Gasteiger partial charge in [-0.2, -0.15) is 0 Å². The van der Waals surface area contributed by atoms with Crippen LogP contribution in [0.1, 0.15) is 33.6 Å². The molecule has 0 amide bonds. The van der Waals surface area contributed by atoms with Crippen molar-refractivity contribution in [2.24, 2.45) is 0 Å². The fourth-order valence-corrected chi connectivity index (χ4v) is 2.04. The maximum absolute atomic E-state index is 4.01. The maximum atomic E-state index is 4.01. The summed E-state index contributed by atoms with van der Waals surface area (Å²) in [4.78, 5) is 4.96. The van der Waals surface area contributed by atoms with E-state index in [1.165, 1.54) is 31.5 Å². The molecule has 2 nitrogen and oxygen atoms in total. The standard InChI is InChI=1S/C15H30N2/c1-6-9-16(10-7-2)12-13-17(11-8-3)14-15(4)5/h6H,1,4,7-14H2,2-3,5H3. The van der Waals surface area contributed by atoms with Crippen molar-refractivity contribution in [3.05, 3.63) is 24.8 Å². The van der Waals surface area contributed by atoms with Crippen molar-refractivity contribution in [1.29, 1.82) is 0 Å². The summed E-state index contributed by atoms with van der Waals surface area (Å²) in [5, 5.41) is 0. The van der Waals surface area contributed by atoms with Crippen molar-refractivity contribution in [2.45, 2.75) is 33.6 Å². The first kappa shape index (κ1) is 16.4. The minimum absolute atomic E-state index is 1.00. The maximum Gasteiger partial charge on any atom is 0.0187 e. The quantitative estimate of drug-likeness (QED) is 0.510. The first-order valence-electron chi connectivity index (χ1n) is 6.84. The van der Waals surface area contributed by atoms with Crippen molar-refractivity contribution in [2.75, 3.05) is 39.3 Å². The Morgan fingerprint density at radius 3 is 2.00 bits per heavy atom. The van der Waals surface area contributed by atoms with Crippen LogP contribution in [0.2, 0.25) is 0 Å². The predicted molar refractivity (Wildman–Crippen MR) is 78.5 cm³/mol. The minimum Gasteiger partial charge on any atom is -0.298 e. The Morgan fingerprint density at radius 2 is 1.53 bits per heavy atom. The van der Waals surface area contributed by atoms with Gasteiger partial charge in [-0.3, -0.25) is 9.80 Å². The number of rotatable bonds is 11. The zero-order valence-corrected chi connectivity index (χ0v) is 12.0. The van der Waals surface area contributed by atoms with Crippen LogP contribution < -0.4 is 0 Å². The summed E-state index contributed by atoms with van der Waals surface area (Å²) in [5.74, 6) is 0. The van der Waals surface area contributed by atoms with Gasteiger partial charge < -0.3 is 0 Å². The molecule has 0 atom stereocenters. The molecule has 0 bridgehead atoms. The molecule has 100 valence electrons. The highest BCUT2D eigenvalue weighted by molar-refractivity contribution is 4.92. The highest BCUT2D eigenvalue weighted by atomic mass is 15.2. The van der Waals surface area contributed by atoms with Crippen LogP contribution in [0.5, 0.6) is 0 Å². The van der Waals surface area contributed by atoms with Gasteiger partial charge in [0.2, 0.25) is 0 Å². The van der Waals surface area contributed by atoms with Gasteiger partial charge in [0.1, 0.15) is 0 Å². The third-order valence-corrected chi connectivity index (χ3v) is 2.69. The molecule has 0 aromatic heterocycles. The Balaban J connectivity index is 4.04. The van der Waals surface area contributed by atoms with E-state index in [0.29, 0.717) is 0 Å². The molecule has 0 spiro atoms. The third-order valence-electron chi connectivity index (χ3n) is 2.69. The highest BCUT2D eigenvalue weighted by Gasteiger charge is 2.07. The summed E-state index contributed by atoms with van der Waals surface area (Å²) in [5.41, 5.74) is 1.25. The molecule has 0 aliphatic carbocycles. The Kier molecular flexibility index (Phi) is 10.2. The van der Waals surface area contributed by atoms with Crippen LogP contribution in [0.3, 0.4) is 0 Å². The average molecular weight is 238 g/mol. The molecule has 0 radical (unpaired) electrons. The molecular formula is C15H30N2. The van der Waals surface area contributed by atoms with Crippen LogP contribution in [-0.2, 0) is 0 Å². The summed E-state index contributed by atoms with van der Waals surface area (Å²) in [6.45, 7) is 21.0. The zero-order chi connectivity index (χ0) is 13.1. The molecule has 0 fully saturated rings. The van der Waals surface area contributed by atoms with Gasteiger partial charge in [0.25, 0.3) is 0 Å². The molecular weight excluding hydrogens is 208 g/mol. The van der Waals surface area contributed by atoms with Crippen molar-refractivity contribution in [3.8, 4) is 0 Å². The van der Waals surface area contributed by atoms with E-state index in [0.717, 1.165) is 26.2 Å². The number of hydrogen-bond donors (Lipinski definition) is 0. The lowest BCUT2D eigenvalue weighted by Gasteiger charge is -2.26. The molecule has 0 rings (SSSR count). The number of hydrogen-bond acceptors (Lipinski definition) is 2. The minimum atomic E-state index is 1.00. The predicted octanol–water partition coefficient (Wildman–Crippen LogP) is 3.17. The lowest BCUT2D eigenvalue weighted by molar-refractivity contribution is 0.225. The van der Waals surface area contributed by atoms with E-state index in [9.17, 15) is 0 Å². The normalized spacial score (nSPS) is 11.1. The van der Waals surface area contributed by atoms with Crippen molar-refractivity contribution in [3.63, 3.8) is 0 Å². The van der Waals surface area contributed by atoms with Crippen LogP contribution in [0.15, 0.2) is 24.8 Å². The second-order valence-electron chi connectivity index (χ2n) is 4.82. The average Bonchev–Trinajstić information content (AvgIpc) is 2.26. The fourth-order valence-electron chi connectivity index (χ4n) is 2.04. The lowest BCUT2D eigenvalue weighted by atomic mass is 10.3. The van der Waals surface area contributed by atoms with Crippen LogP contribution in [0, 0.1) is 0 Å². The van der Waals surface area contributed by atoms with Gasteiger partial charge in [-0.05, 0) is 32.9 Å². The summed E-state index contributed by atoms with van der Waals surface area (Å²) >= 11 is 0. The van der Waals surface area contributed by atoms with Gasteiger partial charge in [0, 0.05) is 26.2 Å². The Hall–Kier alpha value is -0.600. The molecule has 0 aromatic rings. The zero-order valence-electron chi connectivity index (χ0n) is 12.0. The first-order chi connectivity index (χ1) is 8.13. The third kappa shape index (κ3) is 9.13. The summed E-state index contributed by atoms with van der Waals surface area (Å²) in [7, 11) is 0. The Labute approximate surface area is 108 Å². The molecule has 0 aliphatic rings. The molecule has 0 aromatic carbocycles. The van der Waals surface area contributed by atoms with E-state index < -0.39 is 0 Å². The summed E-state index contributed by atoms with van der Waals surface area (Å²) < 4.78 is 0. The molecule has 17 heavy (non-hydrogen) atoms. The van der Waals surface area contributed by atoms with Gasteiger partial charge in [-0.25, -0.2) is 0 Å². The van der Waals surface area contributed by atoms with Crippen molar-refractivity contribution >= 4 is 0 Å². The molecule has 0 unspecified atom stereocenters. The van der Waals surface area contributed by atoms with E-state index in [1.807, 2.05) is 6.08 Å². The largest absolute Gasteiger partial charge is 0.298 e. The molecule has 0 saturated carbocycles.